The summed E-state index contributed by atoms with van der Waals surface area (Å²) in [6.45, 7) is 0.243. The number of carbonyl (C=O) groups is 2. The first-order valence-corrected chi connectivity index (χ1v) is 11.1. The summed E-state index contributed by atoms with van der Waals surface area (Å²) >= 11 is 12.7. The highest BCUT2D eigenvalue weighted by atomic mass is 35.5. The van der Waals surface area contributed by atoms with Crippen LogP contribution in [0.15, 0.2) is 42.5 Å². The van der Waals surface area contributed by atoms with Crippen LogP contribution in [0.2, 0.25) is 9.36 Å². The summed E-state index contributed by atoms with van der Waals surface area (Å²) in [5.74, 6) is -0.847. The Hall–Kier alpha value is -2.88. The number of hydrogen-bond donors (Lipinski definition) is 1. The van der Waals surface area contributed by atoms with E-state index in [0.717, 1.165) is 17.1 Å². The van der Waals surface area contributed by atoms with Crippen LogP contribution in [0.5, 0.6) is 11.5 Å². The third-order valence-electron chi connectivity index (χ3n) is 4.59. The number of rotatable bonds is 9. The van der Waals surface area contributed by atoms with Crippen LogP contribution >= 0.6 is 34.7 Å². The molecule has 0 saturated carbocycles. The minimum atomic E-state index is -1.35. The Bertz CT molecular complexity index is 1140. The van der Waals surface area contributed by atoms with E-state index in [9.17, 15) is 14.0 Å². The molecule has 2 aromatic carbocycles. The van der Waals surface area contributed by atoms with Crippen molar-refractivity contribution in [3.63, 3.8) is 0 Å². The van der Waals surface area contributed by atoms with E-state index in [0.29, 0.717) is 17.9 Å². The van der Waals surface area contributed by atoms with Gasteiger partial charge in [0.1, 0.15) is 15.2 Å². The number of methoxy groups -OCH3 is 2. The molecule has 33 heavy (non-hydrogen) atoms. The van der Waals surface area contributed by atoms with E-state index in [2.05, 4.69) is 9.69 Å². The van der Waals surface area contributed by atoms with Crippen molar-refractivity contribution in [3.8, 4) is 11.5 Å². The zero-order valence-corrected chi connectivity index (χ0v) is 19.9. The van der Waals surface area contributed by atoms with Crippen LogP contribution in [0.4, 0.5) is 4.39 Å². The van der Waals surface area contributed by atoms with Crippen LogP contribution in [-0.4, -0.2) is 37.0 Å². The average Bonchev–Trinajstić information content (AvgIpc) is 3.16. The van der Waals surface area contributed by atoms with E-state index < -0.39 is 23.8 Å². The summed E-state index contributed by atoms with van der Waals surface area (Å²) in [5, 5.41) is 2.67. The largest absolute Gasteiger partial charge is 0.493 e. The molecule has 1 amide bonds. The number of nitrogens with zero attached hydrogens (tertiary/aromatic N) is 1. The third-order valence-corrected chi connectivity index (χ3v) is 6.20. The van der Waals surface area contributed by atoms with Gasteiger partial charge in [0.2, 0.25) is 6.10 Å². The van der Waals surface area contributed by atoms with Crippen molar-refractivity contribution in [3.05, 3.63) is 74.5 Å². The quantitative estimate of drug-likeness (QED) is 0.412. The molecule has 1 aromatic heterocycles. The molecule has 0 spiro atoms. The molecule has 3 rings (SSSR count). The number of hydrogen-bond acceptors (Lipinski definition) is 7. The molecule has 1 unspecified atom stereocenters. The molecular formula is C22H19Cl2FN2O5S. The maximum absolute atomic E-state index is 13.4. The van der Waals surface area contributed by atoms with Crippen LogP contribution in [0.3, 0.4) is 0 Å². The van der Waals surface area contributed by atoms with Gasteiger partial charge < -0.3 is 19.5 Å². The van der Waals surface area contributed by atoms with E-state index in [1.165, 1.54) is 31.4 Å². The topological polar surface area (TPSA) is 86.8 Å². The molecule has 174 valence electrons. The average molecular weight is 513 g/mol. The molecule has 0 fully saturated rings. The van der Waals surface area contributed by atoms with Gasteiger partial charge in [0.15, 0.2) is 17.2 Å². The second kappa shape index (κ2) is 11.3. The van der Waals surface area contributed by atoms with Gasteiger partial charge in [-0.1, -0.05) is 41.4 Å². The lowest BCUT2D eigenvalue weighted by atomic mass is 10.1. The smallest absolute Gasteiger partial charge is 0.360 e. The van der Waals surface area contributed by atoms with Crippen molar-refractivity contribution in [2.24, 2.45) is 0 Å². The number of nitrogens with one attached hydrogen (secondary N) is 1. The van der Waals surface area contributed by atoms with E-state index in [-0.39, 0.29) is 27.2 Å². The van der Waals surface area contributed by atoms with E-state index in [1.54, 1.807) is 19.2 Å². The van der Waals surface area contributed by atoms with Gasteiger partial charge >= 0.3 is 5.97 Å². The summed E-state index contributed by atoms with van der Waals surface area (Å²) < 4.78 is 33.2. The highest BCUT2D eigenvalue weighted by molar-refractivity contribution is 7.11. The van der Waals surface area contributed by atoms with Crippen molar-refractivity contribution in [2.45, 2.75) is 12.5 Å². The predicted molar refractivity (Wildman–Crippen MR) is 123 cm³/mol. The van der Waals surface area contributed by atoms with Crippen LogP contribution in [0.25, 0.3) is 0 Å². The van der Waals surface area contributed by atoms with Gasteiger partial charge in [-0.2, -0.15) is 4.37 Å². The standard InChI is InChI=1S/C22H19Cl2FN2O5S/c1-30-15-8-3-12(11-16(15)31-2)9-10-26-21(28)19(13-4-6-14(25)7-5-13)32-22(29)18-17(23)20(24)33-27-18/h3-8,11,19H,9-10H2,1-2H3,(H,26,28). The minimum absolute atomic E-state index is 0.0571. The molecule has 0 aliphatic carbocycles. The molecule has 1 atom stereocenters. The van der Waals surface area contributed by atoms with Gasteiger partial charge in [0.25, 0.3) is 5.91 Å². The number of benzene rings is 2. The van der Waals surface area contributed by atoms with E-state index in [1.807, 2.05) is 6.07 Å². The lowest BCUT2D eigenvalue weighted by Crippen LogP contribution is -2.33. The van der Waals surface area contributed by atoms with E-state index >= 15 is 0 Å². The highest BCUT2D eigenvalue weighted by Crippen LogP contribution is 2.31. The van der Waals surface area contributed by atoms with Gasteiger partial charge in [0.05, 0.1) is 14.2 Å². The second-order valence-corrected chi connectivity index (χ2v) is 8.44. The van der Waals surface area contributed by atoms with Crippen molar-refractivity contribution < 1.29 is 28.2 Å². The molecule has 3 aromatic rings. The molecule has 0 saturated heterocycles. The number of halogens is 3. The Morgan fingerprint density at radius 3 is 2.39 bits per heavy atom. The molecule has 1 N–H and O–H groups in total. The van der Waals surface area contributed by atoms with Crippen LogP contribution in [0.1, 0.15) is 27.7 Å². The summed E-state index contributed by atoms with van der Waals surface area (Å²) in [6, 6.07) is 10.5. The third kappa shape index (κ3) is 6.13. The summed E-state index contributed by atoms with van der Waals surface area (Å²) in [7, 11) is 3.08. The molecule has 1 heterocycles. The Kier molecular flexibility index (Phi) is 8.49. The first kappa shape index (κ1) is 24.8. The Labute approximate surface area is 203 Å². The first-order chi connectivity index (χ1) is 15.8. The van der Waals surface area contributed by atoms with Crippen LogP contribution in [0, 0.1) is 5.82 Å². The van der Waals surface area contributed by atoms with Crippen molar-refractivity contribution in [2.75, 3.05) is 20.8 Å². The Morgan fingerprint density at radius 2 is 1.79 bits per heavy atom. The Morgan fingerprint density at radius 1 is 1.09 bits per heavy atom. The zero-order chi connectivity index (χ0) is 24.0. The highest BCUT2D eigenvalue weighted by Gasteiger charge is 2.28. The molecule has 11 heteroatoms. The fraction of sp³-hybridized carbons (Fsp3) is 0.227. The normalized spacial score (nSPS) is 11.5. The molecule has 7 nitrogen and oxygen atoms in total. The molecule has 0 radical (unpaired) electrons. The fourth-order valence-corrected chi connectivity index (χ4v) is 3.90. The molecule has 0 aliphatic rings. The maximum atomic E-state index is 13.4. The summed E-state index contributed by atoms with van der Waals surface area (Å²) in [5.41, 5.74) is 0.981. The number of carbonyl (C=O) groups excluding carboxylic acids is 2. The summed E-state index contributed by atoms with van der Waals surface area (Å²) in [6.07, 6.45) is -0.871. The molecule has 0 aliphatic heterocycles. The van der Waals surface area contributed by atoms with Crippen LogP contribution < -0.4 is 14.8 Å². The van der Waals surface area contributed by atoms with E-state index in [4.69, 9.17) is 37.4 Å². The van der Waals surface area contributed by atoms with Crippen molar-refractivity contribution in [1.29, 1.82) is 0 Å². The monoisotopic (exact) mass is 512 g/mol. The maximum Gasteiger partial charge on any atom is 0.360 e. The lowest BCUT2D eigenvalue weighted by molar-refractivity contribution is -0.130. The number of aromatic nitrogens is 1. The summed E-state index contributed by atoms with van der Waals surface area (Å²) in [4.78, 5) is 25.5. The minimum Gasteiger partial charge on any atom is -0.493 e. The SMILES string of the molecule is COc1ccc(CCNC(=O)C(OC(=O)c2nsc(Cl)c2Cl)c2ccc(F)cc2)cc1OC. The lowest BCUT2D eigenvalue weighted by Gasteiger charge is -2.18. The number of esters is 1. The van der Waals surface area contributed by atoms with Crippen molar-refractivity contribution in [1.82, 2.24) is 9.69 Å². The first-order valence-electron chi connectivity index (χ1n) is 9.59. The van der Waals surface area contributed by atoms with Gasteiger partial charge in [-0.3, -0.25) is 4.79 Å². The van der Waals surface area contributed by atoms with Crippen LogP contribution in [-0.2, 0) is 16.0 Å². The predicted octanol–water partition coefficient (Wildman–Crippen LogP) is 4.86. The number of ether oxygens (including phenoxy) is 3. The number of amides is 1. The fourth-order valence-electron chi connectivity index (χ4n) is 2.92. The molecule has 0 bridgehead atoms. The Balaban J connectivity index is 1.72. The van der Waals surface area contributed by atoms with Gasteiger partial charge in [-0.05, 0) is 47.8 Å². The zero-order valence-electron chi connectivity index (χ0n) is 17.6. The van der Waals surface area contributed by atoms with Crippen molar-refractivity contribution >= 4 is 46.6 Å². The second-order valence-electron chi connectivity index (χ2n) is 6.69. The van der Waals surface area contributed by atoms with Gasteiger partial charge in [-0.25, -0.2) is 9.18 Å². The van der Waals surface area contributed by atoms with Gasteiger partial charge in [-0.15, -0.1) is 0 Å². The van der Waals surface area contributed by atoms with Gasteiger partial charge in [0, 0.05) is 12.1 Å². The molecular weight excluding hydrogens is 494 g/mol.